The number of phenols is 1. The third kappa shape index (κ3) is 5.57. The van der Waals surface area contributed by atoms with Crippen molar-refractivity contribution < 1.29 is 14.6 Å². The topological polar surface area (TPSA) is 58.6 Å². The number of hydrogen-bond donors (Lipinski definition) is 2. The van der Waals surface area contributed by atoms with Gasteiger partial charge in [0.15, 0.2) is 0 Å². The van der Waals surface area contributed by atoms with Crippen LogP contribution in [0.25, 0.3) is 0 Å². The fourth-order valence-electron chi connectivity index (χ4n) is 1.60. The van der Waals surface area contributed by atoms with Gasteiger partial charge in [-0.05, 0) is 51.8 Å². The summed E-state index contributed by atoms with van der Waals surface area (Å²) in [5.41, 5.74) is 0.480. The van der Waals surface area contributed by atoms with Crippen LogP contribution in [0.15, 0.2) is 24.3 Å². The lowest BCUT2D eigenvalue weighted by atomic mass is 10.1. The molecule has 1 amide bonds. The summed E-state index contributed by atoms with van der Waals surface area (Å²) in [6.45, 7) is 7.37. The van der Waals surface area contributed by atoms with Crippen molar-refractivity contribution >= 4 is 6.09 Å². The van der Waals surface area contributed by atoms with Gasteiger partial charge in [-0.15, -0.1) is 0 Å². The van der Waals surface area contributed by atoms with E-state index in [0.717, 1.165) is 5.56 Å². The van der Waals surface area contributed by atoms with E-state index in [2.05, 4.69) is 5.32 Å². The molecule has 0 fully saturated rings. The number of hydrogen-bond acceptors (Lipinski definition) is 3. The largest absolute Gasteiger partial charge is 0.508 e. The number of carbonyl (C=O) groups excluding carboxylic acids is 1. The van der Waals surface area contributed by atoms with Gasteiger partial charge >= 0.3 is 6.09 Å². The lowest BCUT2D eigenvalue weighted by Crippen LogP contribution is -2.38. The second-order valence-corrected chi connectivity index (χ2v) is 5.42. The summed E-state index contributed by atoms with van der Waals surface area (Å²) < 4.78 is 5.17. The summed E-state index contributed by atoms with van der Waals surface area (Å²) in [6, 6.07) is 6.95. The van der Waals surface area contributed by atoms with Crippen LogP contribution in [0.4, 0.5) is 4.79 Å². The van der Waals surface area contributed by atoms with Gasteiger partial charge in [-0.1, -0.05) is 12.1 Å². The maximum Gasteiger partial charge on any atom is 0.407 e. The van der Waals surface area contributed by atoms with E-state index in [1.165, 1.54) is 0 Å². The van der Waals surface area contributed by atoms with Crippen molar-refractivity contribution in [1.82, 2.24) is 5.32 Å². The molecule has 0 radical (unpaired) electrons. The van der Waals surface area contributed by atoms with E-state index in [-0.39, 0.29) is 11.8 Å². The minimum Gasteiger partial charge on any atom is -0.508 e. The van der Waals surface area contributed by atoms with E-state index in [0.29, 0.717) is 6.42 Å². The Morgan fingerprint density at radius 2 is 2.11 bits per heavy atom. The van der Waals surface area contributed by atoms with E-state index in [4.69, 9.17) is 4.74 Å². The molecule has 0 aliphatic rings. The van der Waals surface area contributed by atoms with Crippen LogP contribution in [-0.2, 0) is 11.2 Å². The van der Waals surface area contributed by atoms with Crippen LogP contribution in [0.3, 0.4) is 0 Å². The van der Waals surface area contributed by atoms with Crippen LogP contribution < -0.4 is 5.32 Å². The molecule has 0 saturated heterocycles. The zero-order valence-corrected chi connectivity index (χ0v) is 11.4. The molecule has 0 bridgehead atoms. The molecule has 1 aromatic carbocycles. The fourth-order valence-corrected chi connectivity index (χ4v) is 1.60. The highest BCUT2D eigenvalue weighted by Gasteiger charge is 2.17. The highest BCUT2D eigenvalue weighted by molar-refractivity contribution is 5.68. The molecule has 100 valence electrons. The predicted octanol–water partition coefficient (Wildman–Crippen LogP) is 2.85. The predicted molar refractivity (Wildman–Crippen MR) is 70.6 cm³/mol. The molecule has 0 aliphatic carbocycles. The second kappa shape index (κ2) is 5.76. The van der Waals surface area contributed by atoms with Gasteiger partial charge in [0.1, 0.15) is 11.4 Å². The van der Waals surface area contributed by atoms with Crippen LogP contribution in [0, 0.1) is 0 Å². The van der Waals surface area contributed by atoms with Crippen molar-refractivity contribution in [2.45, 2.75) is 45.8 Å². The van der Waals surface area contributed by atoms with Crippen molar-refractivity contribution in [2.75, 3.05) is 0 Å². The Labute approximate surface area is 108 Å². The number of alkyl carbamates (subject to hydrolysis) is 1. The summed E-state index contributed by atoms with van der Waals surface area (Å²) in [7, 11) is 0. The average molecular weight is 251 g/mol. The molecule has 18 heavy (non-hydrogen) atoms. The molecule has 0 spiro atoms. The van der Waals surface area contributed by atoms with Crippen LogP contribution in [0.1, 0.15) is 33.3 Å². The minimum atomic E-state index is -0.491. The van der Waals surface area contributed by atoms with Gasteiger partial charge in [0.05, 0.1) is 0 Å². The van der Waals surface area contributed by atoms with Crippen molar-refractivity contribution in [1.29, 1.82) is 0 Å². The Bertz CT molecular complexity index is 410. The molecule has 1 aromatic rings. The molecule has 0 unspecified atom stereocenters. The molecule has 4 nitrogen and oxygen atoms in total. The van der Waals surface area contributed by atoms with Crippen LogP contribution in [0.2, 0.25) is 0 Å². The van der Waals surface area contributed by atoms with E-state index in [9.17, 15) is 9.90 Å². The van der Waals surface area contributed by atoms with E-state index < -0.39 is 11.7 Å². The lowest BCUT2D eigenvalue weighted by Gasteiger charge is -2.22. The normalized spacial score (nSPS) is 12.9. The third-order valence-electron chi connectivity index (χ3n) is 2.22. The summed E-state index contributed by atoms with van der Waals surface area (Å²) in [5, 5.41) is 12.1. The Hall–Kier alpha value is -1.71. The lowest BCUT2D eigenvalue weighted by molar-refractivity contribution is 0.0508. The molecule has 0 aliphatic heterocycles. The first kappa shape index (κ1) is 14.4. The molecule has 1 atom stereocenters. The standard InChI is InChI=1S/C14H21NO3/c1-10(15-13(17)18-14(2,3)4)8-11-6-5-7-12(16)9-11/h5-7,9-10,16H,8H2,1-4H3,(H,15,17)/t10-/m0/s1. The van der Waals surface area contributed by atoms with Crippen LogP contribution in [-0.4, -0.2) is 22.8 Å². The van der Waals surface area contributed by atoms with E-state index >= 15 is 0 Å². The Balaban J connectivity index is 2.47. The smallest absolute Gasteiger partial charge is 0.407 e. The number of phenolic OH excluding ortho intramolecular Hbond substituents is 1. The Morgan fingerprint density at radius 3 is 2.67 bits per heavy atom. The van der Waals surface area contributed by atoms with E-state index in [1.807, 2.05) is 33.8 Å². The molecule has 1 rings (SSSR count). The van der Waals surface area contributed by atoms with Gasteiger partial charge in [0, 0.05) is 6.04 Å². The number of benzene rings is 1. The minimum absolute atomic E-state index is 0.0540. The number of amides is 1. The number of aromatic hydroxyl groups is 1. The second-order valence-electron chi connectivity index (χ2n) is 5.42. The fraction of sp³-hybridized carbons (Fsp3) is 0.500. The van der Waals surface area contributed by atoms with Crippen LogP contribution >= 0.6 is 0 Å². The van der Waals surface area contributed by atoms with Gasteiger partial charge in [-0.25, -0.2) is 4.79 Å². The maximum absolute atomic E-state index is 11.5. The van der Waals surface area contributed by atoms with Crippen molar-refractivity contribution in [3.63, 3.8) is 0 Å². The van der Waals surface area contributed by atoms with Crippen molar-refractivity contribution in [3.8, 4) is 5.75 Å². The van der Waals surface area contributed by atoms with Crippen LogP contribution in [0.5, 0.6) is 5.75 Å². The molecule has 4 heteroatoms. The average Bonchev–Trinajstić information content (AvgIpc) is 2.13. The van der Waals surface area contributed by atoms with Crippen molar-refractivity contribution in [2.24, 2.45) is 0 Å². The summed E-state index contributed by atoms with van der Waals surface area (Å²) >= 11 is 0. The van der Waals surface area contributed by atoms with E-state index in [1.54, 1.807) is 18.2 Å². The molecular weight excluding hydrogens is 230 g/mol. The summed E-state index contributed by atoms with van der Waals surface area (Å²) in [4.78, 5) is 11.5. The van der Waals surface area contributed by atoms with Crippen molar-refractivity contribution in [3.05, 3.63) is 29.8 Å². The zero-order chi connectivity index (χ0) is 13.8. The van der Waals surface area contributed by atoms with Gasteiger partial charge in [-0.2, -0.15) is 0 Å². The molecule has 0 heterocycles. The monoisotopic (exact) mass is 251 g/mol. The molecule has 0 aromatic heterocycles. The summed E-state index contributed by atoms with van der Waals surface area (Å²) in [6.07, 6.45) is 0.225. The SMILES string of the molecule is C[C@@H](Cc1cccc(O)c1)NC(=O)OC(C)(C)C. The molecule has 2 N–H and O–H groups in total. The first-order chi connectivity index (χ1) is 8.26. The third-order valence-corrected chi connectivity index (χ3v) is 2.22. The molecular formula is C14H21NO3. The Kier molecular flexibility index (Phi) is 4.59. The first-order valence-corrected chi connectivity index (χ1v) is 6.04. The van der Waals surface area contributed by atoms with Gasteiger partial charge in [-0.3, -0.25) is 0 Å². The van der Waals surface area contributed by atoms with Gasteiger partial charge < -0.3 is 15.2 Å². The van der Waals surface area contributed by atoms with Gasteiger partial charge in [0.2, 0.25) is 0 Å². The highest BCUT2D eigenvalue weighted by Crippen LogP contribution is 2.13. The van der Waals surface area contributed by atoms with Gasteiger partial charge in [0.25, 0.3) is 0 Å². The number of carbonyl (C=O) groups is 1. The zero-order valence-electron chi connectivity index (χ0n) is 11.4. The number of ether oxygens (including phenoxy) is 1. The maximum atomic E-state index is 11.5. The quantitative estimate of drug-likeness (QED) is 0.868. The number of nitrogens with one attached hydrogen (secondary N) is 1. The number of rotatable bonds is 3. The highest BCUT2D eigenvalue weighted by atomic mass is 16.6. The first-order valence-electron chi connectivity index (χ1n) is 6.04. The molecule has 0 saturated carbocycles. The Morgan fingerprint density at radius 1 is 1.44 bits per heavy atom. The summed E-state index contributed by atoms with van der Waals surface area (Å²) in [5.74, 6) is 0.233.